The van der Waals surface area contributed by atoms with Gasteiger partial charge in [0.05, 0.1) is 10.7 Å². The highest BCUT2D eigenvalue weighted by Crippen LogP contribution is 2.36. The second kappa shape index (κ2) is 5.25. The Labute approximate surface area is 119 Å². The molecule has 102 valence electrons. The first-order valence-corrected chi connectivity index (χ1v) is 8.40. The minimum absolute atomic E-state index is 0.269. The van der Waals surface area contributed by atoms with Crippen molar-refractivity contribution < 1.29 is 8.42 Å². The number of hydrogen-bond acceptors (Lipinski definition) is 2. The van der Waals surface area contributed by atoms with Gasteiger partial charge in [0, 0.05) is 5.57 Å². The van der Waals surface area contributed by atoms with E-state index >= 15 is 0 Å². The predicted octanol–water partition coefficient (Wildman–Crippen LogP) is 3.65. The van der Waals surface area contributed by atoms with E-state index < -0.39 is 9.84 Å². The SMILES string of the molecule is O=S1(=O)CCCC1=C(c1ccccc1)c1ccccc1. The van der Waals surface area contributed by atoms with Crippen LogP contribution in [0.2, 0.25) is 0 Å². The summed E-state index contributed by atoms with van der Waals surface area (Å²) in [6, 6.07) is 19.6. The normalized spacial score (nSPS) is 17.1. The fourth-order valence-electron chi connectivity index (χ4n) is 2.68. The van der Waals surface area contributed by atoms with Crippen LogP contribution in [0.4, 0.5) is 0 Å². The van der Waals surface area contributed by atoms with Gasteiger partial charge < -0.3 is 0 Å². The van der Waals surface area contributed by atoms with Crippen LogP contribution in [0.1, 0.15) is 24.0 Å². The highest BCUT2D eigenvalue weighted by atomic mass is 32.2. The van der Waals surface area contributed by atoms with E-state index in [1.165, 1.54) is 0 Å². The average Bonchev–Trinajstić information content (AvgIpc) is 2.81. The quantitative estimate of drug-likeness (QED) is 0.843. The summed E-state index contributed by atoms with van der Waals surface area (Å²) in [5.74, 6) is 0.269. The first kappa shape index (κ1) is 13.1. The lowest BCUT2D eigenvalue weighted by Gasteiger charge is -2.12. The highest BCUT2D eigenvalue weighted by Gasteiger charge is 2.28. The smallest absolute Gasteiger partial charge is 0.175 e. The van der Waals surface area contributed by atoms with E-state index in [0.29, 0.717) is 11.3 Å². The summed E-state index contributed by atoms with van der Waals surface area (Å²) in [5, 5.41) is 0. The lowest BCUT2D eigenvalue weighted by atomic mass is 9.96. The molecule has 1 saturated heterocycles. The molecule has 0 N–H and O–H groups in total. The minimum Gasteiger partial charge on any atom is -0.224 e. The molecule has 3 rings (SSSR count). The molecular formula is C17H16O2S. The summed E-state index contributed by atoms with van der Waals surface area (Å²) in [7, 11) is -3.10. The number of benzene rings is 2. The van der Waals surface area contributed by atoms with E-state index in [4.69, 9.17) is 0 Å². The molecule has 2 nitrogen and oxygen atoms in total. The molecule has 1 aliphatic heterocycles. The Morgan fingerprint density at radius 2 is 1.30 bits per heavy atom. The predicted molar refractivity (Wildman–Crippen MR) is 81.9 cm³/mol. The molecule has 1 fully saturated rings. The van der Waals surface area contributed by atoms with Gasteiger partial charge in [-0.3, -0.25) is 0 Å². The van der Waals surface area contributed by atoms with Crippen molar-refractivity contribution in [3.05, 3.63) is 76.7 Å². The van der Waals surface area contributed by atoms with Gasteiger partial charge in [-0.2, -0.15) is 0 Å². The van der Waals surface area contributed by atoms with Gasteiger partial charge in [-0.1, -0.05) is 60.7 Å². The maximum absolute atomic E-state index is 12.3. The highest BCUT2D eigenvalue weighted by molar-refractivity contribution is 7.95. The molecule has 1 heterocycles. The number of hydrogen-bond donors (Lipinski definition) is 0. The summed E-state index contributed by atoms with van der Waals surface area (Å²) in [6.45, 7) is 0. The average molecular weight is 284 g/mol. The van der Waals surface area contributed by atoms with Crippen molar-refractivity contribution in [3.63, 3.8) is 0 Å². The topological polar surface area (TPSA) is 34.1 Å². The van der Waals surface area contributed by atoms with Crippen LogP contribution in [0.15, 0.2) is 65.6 Å². The van der Waals surface area contributed by atoms with Crippen LogP contribution in [0.25, 0.3) is 5.57 Å². The first-order chi connectivity index (χ1) is 9.68. The lowest BCUT2D eigenvalue weighted by molar-refractivity contribution is 0.606. The Morgan fingerprint density at radius 3 is 1.70 bits per heavy atom. The van der Waals surface area contributed by atoms with Gasteiger partial charge in [0.1, 0.15) is 0 Å². The second-order valence-electron chi connectivity index (χ2n) is 4.95. The molecule has 0 aromatic heterocycles. The summed E-state index contributed by atoms with van der Waals surface area (Å²) in [5.41, 5.74) is 2.81. The maximum atomic E-state index is 12.3. The fraction of sp³-hybridized carbons (Fsp3) is 0.176. The lowest BCUT2D eigenvalue weighted by Crippen LogP contribution is -2.03. The Bertz CT molecular complexity index is 688. The van der Waals surface area contributed by atoms with Crippen molar-refractivity contribution >= 4 is 15.4 Å². The van der Waals surface area contributed by atoms with Gasteiger partial charge in [0.2, 0.25) is 0 Å². The van der Waals surface area contributed by atoms with Gasteiger partial charge in [-0.25, -0.2) is 8.42 Å². The number of rotatable bonds is 2. The first-order valence-electron chi connectivity index (χ1n) is 6.75. The van der Waals surface area contributed by atoms with E-state index in [1.54, 1.807) is 0 Å². The Hall–Kier alpha value is -1.87. The van der Waals surface area contributed by atoms with Crippen LogP contribution < -0.4 is 0 Å². The number of allylic oxidation sites excluding steroid dienone is 1. The van der Waals surface area contributed by atoms with Crippen molar-refractivity contribution in [1.82, 2.24) is 0 Å². The largest absolute Gasteiger partial charge is 0.224 e. The van der Waals surface area contributed by atoms with Gasteiger partial charge in [0.15, 0.2) is 9.84 Å². The molecule has 0 radical (unpaired) electrons. The summed E-state index contributed by atoms with van der Waals surface area (Å²) in [4.78, 5) is 0.592. The van der Waals surface area contributed by atoms with Crippen molar-refractivity contribution in [2.45, 2.75) is 12.8 Å². The molecular weight excluding hydrogens is 268 g/mol. The van der Waals surface area contributed by atoms with Crippen LogP contribution >= 0.6 is 0 Å². The maximum Gasteiger partial charge on any atom is 0.175 e. The molecule has 0 aliphatic carbocycles. The van der Waals surface area contributed by atoms with E-state index in [9.17, 15) is 8.42 Å². The van der Waals surface area contributed by atoms with Crippen LogP contribution in [-0.4, -0.2) is 14.2 Å². The van der Waals surface area contributed by atoms with Crippen LogP contribution in [0.3, 0.4) is 0 Å². The molecule has 0 spiro atoms. The Kier molecular flexibility index (Phi) is 3.45. The zero-order valence-electron chi connectivity index (χ0n) is 11.1. The van der Waals surface area contributed by atoms with Crippen LogP contribution in [0, 0.1) is 0 Å². The molecule has 2 aromatic rings. The van der Waals surface area contributed by atoms with Gasteiger partial charge in [-0.15, -0.1) is 0 Å². The third kappa shape index (κ3) is 2.41. The Balaban J connectivity index is 2.28. The van der Waals surface area contributed by atoms with E-state index in [0.717, 1.165) is 23.1 Å². The van der Waals surface area contributed by atoms with Crippen LogP contribution in [-0.2, 0) is 9.84 Å². The molecule has 0 saturated carbocycles. The monoisotopic (exact) mass is 284 g/mol. The molecule has 2 aromatic carbocycles. The van der Waals surface area contributed by atoms with E-state index in [2.05, 4.69) is 0 Å². The summed E-state index contributed by atoms with van der Waals surface area (Å²) in [6.07, 6.45) is 1.36. The number of sulfone groups is 1. The zero-order valence-corrected chi connectivity index (χ0v) is 11.9. The molecule has 1 aliphatic rings. The minimum atomic E-state index is -3.10. The molecule has 0 bridgehead atoms. The van der Waals surface area contributed by atoms with Gasteiger partial charge in [-0.05, 0) is 24.0 Å². The summed E-state index contributed by atoms with van der Waals surface area (Å²) >= 11 is 0. The molecule has 20 heavy (non-hydrogen) atoms. The van der Waals surface area contributed by atoms with Crippen molar-refractivity contribution in [2.24, 2.45) is 0 Å². The summed E-state index contributed by atoms with van der Waals surface area (Å²) < 4.78 is 24.6. The van der Waals surface area contributed by atoms with Crippen molar-refractivity contribution in [1.29, 1.82) is 0 Å². The van der Waals surface area contributed by atoms with Crippen LogP contribution in [0.5, 0.6) is 0 Å². The zero-order chi connectivity index (χ0) is 14.0. The standard InChI is InChI=1S/C17H16O2S/c18-20(19)13-7-12-16(20)17(14-8-3-1-4-9-14)15-10-5-2-6-11-15/h1-6,8-11H,7,12-13H2. The fourth-order valence-corrected chi connectivity index (χ4v) is 4.45. The third-order valence-corrected chi connectivity index (χ3v) is 5.58. The Morgan fingerprint density at radius 1 is 0.800 bits per heavy atom. The second-order valence-corrected chi connectivity index (χ2v) is 7.08. The third-order valence-electron chi connectivity index (χ3n) is 3.60. The van der Waals surface area contributed by atoms with Gasteiger partial charge in [0.25, 0.3) is 0 Å². The molecule has 3 heteroatoms. The van der Waals surface area contributed by atoms with E-state index in [-0.39, 0.29) is 5.75 Å². The molecule has 0 amide bonds. The van der Waals surface area contributed by atoms with Gasteiger partial charge >= 0.3 is 0 Å². The molecule has 0 unspecified atom stereocenters. The van der Waals surface area contributed by atoms with Crippen molar-refractivity contribution in [2.75, 3.05) is 5.75 Å². The van der Waals surface area contributed by atoms with E-state index in [1.807, 2.05) is 60.7 Å². The van der Waals surface area contributed by atoms with Crippen molar-refractivity contribution in [3.8, 4) is 0 Å². The molecule has 0 atom stereocenters.